The van der Waals surface area contributed by atoms with Crippen LogP contribution in [0.25, 0.3) is 5.76 Å². The minimum Gasteiger partial charge on any atom is -0.507 e. The molecule has 6 nitrogen and oxygen atoms in total. The minimum atomic E-state index is -1.02. The average Bonchev–Trinajstić information content (AvgIpc) is 3.09. The Morgan fingerprint density at radius 2 is 1.65 bits per heavy atom. The molecule has 1 fully saturated rings. The van der Waals surface area contributed by atoms with Crippen molar-refractivity contribution in [2.45, 2.75) is 13.0 Å². The van der Waals surface area contributed by atoms with Crippen LogP contribution in [-0.4, -0.2) is 31.0 Å². The van der Waals surface area contributed by atoms with Gasteiger partial charge in [-0.2, -0.15) is 0 Å². The molecule has 1 amide bonds. The summed E-state index contributed by atoms with van der Waals surface area (Å²) in [5.41, 5.74) is 1.58. The van der Waals surface area contributed by atoms with Gasteiger partial charge in [-0.05, 0) is 66.6 Å². The van der Waals surface area contributed by atoms with Crippen molar-refractivity contribution in [2.24, 2.45) is 0 Å². The summed E-state index contributed by atoms with van der Waals surface area (Å²) in [6.45, 7) is 1.77. The Labute approximate surface area is 200 Å². The highest BCUT2D eigenvalue weighted by atomic mass is 35.5. The van der Waals surface area contributed by atoms with Crippen LogP contribution in [0.2, 0.25) is 5.02 Å². The van der Waals surface area contributed by atoms with E-state index in [0.29, 0.717) is 17.0 Å². The summed E-state index contributed by atoms with van der Waals surface area (Å²) in [5, 5.41) is 11.6. The number of hydrogen-bond acceptors (Lipinski definition) is 5. The van der Waals surface area contributed by atoms with E-state index in [-0.39, 0.29) is 21.9 Å². The number of aryl methyl sites for hydroxylation is 1. The quantitative estimate of drug-likeness (QED) is 0.299. The molecule has 0 aliphatic carbocycles. The number of methoxy groups -OCH3 is 2. The molecule has 1 atom stereocenters. The average molecular weight is 482 g/mol. The molecule has 0 radical (unpaired) electrons. The Balaban J connectivity index is 1.98. The summed E-state index contributed by atoms with van der Waals surface area (Å²) in [5.74, 6) is -1.90. The molecule has 1 heterocycles. The van der Waals surface area contributed by atoms with Crippen molar-refractivity contribution in [1.29, 1.82) is 0 Å². The second kappa shape index (κ2) is 9.19. The summed E-state index contributed by atoms with van der Waals surface area (Å²) in [6.07, 6.45) is 0. The zero-order valence-electron chi connectivity index (χ0n) is 18.6. The number of Topliss-reactive ketones (excluding diaryl/α,β-unsaturated/α-hetero) is 1. The first-order chi connectivity index (χ1) is 16.3. The van der Waals surface area contributed by atoms with Gasteiger partial charge in [0.25, 0.3) is 11.7 Å². The largest absolute Gasteiger partial charge is 0.507 e. The number of carbonyl (C=O) groups is 2. The van der Waals surface area contributed by atoms with Crippen LogP contribution in [-0.2, 0) is 9.59 Å². The van der Waals surface area contributed by atoms with E-state index >= 15 is 0 Å². The number of anilines is 1. The van der Waals surface area contributed by atoms with E-state index in [1.165, 1.54) is 43.4 Å². The standard InChI is InChI=1S/C26H21ClFNO5/c1-14-12-19(25(34-3)20(27)13-14)23(30)21-22(15-4-6-16(28)7-5-15)29(26(32)24(21)31)17-8-10-18(33-2)11-9-17/h4-13,22,30H,1-3H3/b23-21+. The lowest BCUT2D eigenvalue weighted by atomic mass is 9.94. The van der Waals surface area contributed by atoms with Gasteiger partial charge >= 0.3 is 0 Å². The van der Waals surface area contributed by atoms with E-state index < -0.39 is 29.3 Å². The van der Waals surface area contributed by atoms with Crippen molar-refractivity contribution in [1.82, 2.24) is 0 Å². The summed E-state index contributed by atoms with van der Waals surface area (Å²) in [4.78, 5) is 27.7. The SMILES string of the molecule is COc1ccc(N2C(=O)C(=O)/C(=C(/O)c3cc(C)cc(Cl)c3OC)C2c2ccc(F)cc2)cc1. The lowest BCUT2D eigenvalue weighted by molar-refractivity contribution is -0.132. The number of aliphatic hydroxyl groups is 1. The first kappa shape index (κ1) is 23.3. The molecule has 0 bridgehead atoms. The Hall–Kier alpha value is -3.84. The number of carbonyl (C=O) groups excluding carboxylic acids is 2. The number of hydrogen-bond donors (Lipinski definition) is 1. The Morgan fingerprint density at radius 1 is 1.00 bits per heavy atom. The highest BCUT2D eigenvalue weighted by Gasteiger charge is 2.47. The monoisotopic (exact) mass is 481 g/mol. The van der Waals surface area contributed by atoms with Gasteiger partial charge in [0.1, 0.15) is 23.1 Å². The van der Waals surface area contributed by atoms with Crippen LogP contribution < -0.4 is 14.4 Å². The molecule has 4 rings (SSSR count). The fourth-order valence-corrected chi connectivity index (χ4v) is 4.41. The molecule has 1 N–H and O–H groups in total. The van der Waals surface area contributed by atoms with Crippen molar-refractivity contribution in [2.75, 3.05) is 19.1 Å². The van der Waals surface area contributed by atoms with Crippen LogP contribution >= 0.6 is 11.6 Å². The van der Waals surface area contributed by atoms with Gasteiger partial charge in [-0.25, -0.2) is 4.39 Å². The number of nitrogens with zero attached hydrogens (tertiary/aromatic N) is 1. The second-order valence-corrected chi connectivity index (χ2v) is 8.15. The van der Waals surface area contributed by atoms with Gasteiger partial charge in [0, 0.05) is 5.69 Å². The number of rotatable bonds is 5. The Bertz CT molecular complexity index is 1300. The number of ketones is 1. The molecule has 3 aromatic carbocycles. The topological polar surface area (TPSA) is 76.1 Å². The van der Waals surface area contributed by atoms with E-state index in [4.69, 9.17) is 21.1 Å². The van der Waals surface area contributed by atoms with Crippen molar-refractivity contribution in [3.05, 3.63) is 93.8 Å². The Morgan fingerprint density at radius 3 is 2.24 bits per heavy atom. The molecule has 0 spiro atoms. The number of ether oxygens (including phenoxy) is 2. The van der Waals surface area contributed by atoms with Gasteiger partial charge in [0.2, 0.25) is 0 Å². The molecule has 1 saturated heterocycles. The molecule has 8 heteroatoms. The van der Waals surface area contributed by atoms with Gasteiger partial charge in [-0.1, -0.05) is 23.7 Å². The molecule has 0 aromatic heterocycles. The minimum absolute atomic E-state index is 0.160. The van der Waals surface area contributed by atoms with E-state index in [1.54, 1.807) is 43.3 Å². The zero-order valence-corrected chi connectivity index (χ0v) is 19.4. The van der Waals surface area contributed by atoms with Gasteiger partial charge in [0.05, 0.1) is 36.4 Å². The predicted octanol–water partition coefficient (Wildman–Crippen LogP) is 5.43. The molecular weight excluding hydrogens is 461 g/mol. The van der Waals surface area contributed by atoms with E-state index in [0.717, 1.165) is 5.56 Å². The maximum atomic E-state index is 13.7. The lowest BCUT2D eigenvalue weighted by Gasteiger charge is -2.25. The molecule has 0 saturated carbocycles. The summed E-state index contributed by atoms with van der Waals surface area (Å²) in [6, 6.07) is 14.2. The first-order valence-electron chi connectivity index (χ1n) is 10.3. The third-order valence-corrected chi connectivity index (χ3v) is 5.91. The predicted molar refractivity (Wildman–Crippen MR) is 127 cm³/mol. The fourth-order valence-electron chi connectivity index (χ4n) is 4.06. The van der Waals surface area contributed by atoms with E-state index in [2.05, 4.69) is 0 Å². The summed E-state index contributed by atoms with van der Waals surface area (Å²) in [7, 11) is 2.90. The van der Waals surface area contributed by atoms with Gasteiger partial charge in [0.15, 0.2) is 0 Å². The van der Waals surface area contributed by atoms with Crippen LogP contribution in [0.15, 0.2) is 66.2 Å². The van der Waals surface area contributed by atoms with Crippen LogP contribution in [0.4, 0.5) is 10.1 Å². The van der Waals surface area contributed by atoms with E-state index in [1.807, 2.05) is 0 Å². The van der Waals surface area contributed by atoms with Crippen LogP contribution in [0, 0.1) is 12.7 Å². The smallest absolute Gasteiger partial charge is 0.300 e. The van der Waals surface area contributed by atoms with Crippen molar-refractivity contribution >= 4 is 34.7 Å². The number of halogens is 2. The third-order valence-electron chi connectivity index (χ3n) is 5.63. The normalized spacial score (nSPS) is 17.2. The number of amides is 1. The second-order valence-electron chi connectivity index (χ2n) is 7.75. The summed E-state index contributed by atoms with van der Waals surface area (Å²) < 4.78 is 24.2. The maximum absolute atomic E-state index is 13.7. The molecule has 1 unspecified atom stereocenters. The van der Waals surface area contributed by atoms with Gasteiger partial charge < -0.3 is 14.6 Å². The molecule has 174 valence electrons. The van der Waals surface area contributed by atoms with Crippen molar-refractivity contribution in [3.63, 3.8) is 0 Å². The fraction of sp³-hybridized carbons (Fsp3) is 0.154. The van der Waals surface area contributed by atoms with Crippen LogP contribution in [0.1, 0.15) is 22.7 Å². The zero-order chi connectivity index (χ0) is 24.6. The number of benzene rings is 3. The highest BCUT2D eigenvalue weighted by Crippen LogP contribution is 2.44. The van der Waals surface area contributed by atoms with Crippen LogP contribution in [0.3, 0.4) is 0 Å². The van der Waals surface area contributed by atoms with Crippen LogP contribution in [0.5, 0.6) is 11.5 Å². The highest BCUT2D eigenvalue weighted by molar-refractivity contribution is 6.51. The Kier molecular flexibility index (Phi) is 6.30. The lowest BCUT2D eigenvalue weighted by Crippen LogP contribution is -2.29. The van der Waals surface area contributed by atoms with Crippen molar-refractivity contribution < 1.29 is 28.6 Å². The maximum Gasteiger partial charge on any atom is 0.300 e. The molecule has 34 heavy (non-hydrogen) atoms. The first-order valence-corrected chi connectivity index (χ1v) is 10.7. The van der Waals surface area contributed by atoms with Gasteiger partial charge in [-0.15, -0.1) is 0 Å². The molecule has 3 aromatic rings. The number of aliphatic hydroxyl groups excluding tert-OH is 1. The molecule has 1 aliphatic heterocycles. The summed E-state index contributed by atoms with van der Waals surface area (Å²) >= 11 is 6.30. The molecular formula is C26H21ClFNO5. The van der Waals surface area contributed by atoms with Crippen molar-refractivity contribution in [3.8, 4) is 11.5 Å². The third kappa shape index (κ3) is 3.99. The van der Waals surface area contributed by atoms with E-state index in [9.17, 15) is 19.1 Å². The molecule has 1 aliphatic rings. The van der Waals surface area contributed by atoms with Gasteiger partial charge in [-0.3, -0.25) is 14.5 Å².